The molecule has 0 aliphatic carbocycles. The normalized spacial score (nSPS) is 34.5. The molecule has 0 amide bonds. The molecule has 0 fully saturated rings. The molecule has 390 valence electrons. The maximum atomic E-state index is 13.7. The van der Waals surface area contributed by atoms with Gasteiger partial charge in [0, 0.05) is 123 Å². The lowest BCUT2D eigenvalue weighted by molar-refractivity contribution is -0.162. The summed E-state index contributed by atoms with van der Waals surface area (Å²) in [6, 6.07) is 0. The molecule has 0 radical (unpaired) electrons. The van der Waals surface area contributed by atoms with Crippen molar-refractivity contribution in [3.63, 3.8) is 0 Å². The Labute approximate surface area is 406 Å². The summed E-state index contributed by atoms with van der Waals surface area (Å²) < 4.78 is 53.0. The van der Waals surface area contributed by atoms with Crippen molar-refractivity contribution >= 4 is 23.7 Å². The van der Waals surface area contributed by atoms with E-state index in [1.807, 2.05) is 65.8 Å². The predicted molar refractivity (Wildman–Crippen MR) is 257 cm³/mol. The number of carboxylic acid groups (broad SMARTS) is 1. The molecule has 16 unspecified atom stereocenters. The van der Waals surface area contributed by atoms with Crippen LogP contribution in [0, 0.1) is 41.4 Å². The molecule has 0 saturated heterocycles. The molecule has 16 nitrogen and oxygen atoms in total. The lowest BCUT2D eigenvalue weighted by Crippen LogP contribution is -2.50. The largest absolute Gasteiger partial charge is 0.481 e. The van der Waals surface area contributed by atoms with Crippen molar-refractivity contribution in [2.75, 3.05) is 49.8 Å². The maximum absolute atomic E-state index is 13.7. The fourth-order valence-electron chi connectivity index (χ4n) is 9.61. The molecule has 2 heterocycles. The number of hydrogen-bond donors (Lipinski definition) is 3. The van der Waals surface area contributed by atoms with Crippen molar-refractivity contribution in [3.05, 3.63) is 48.1 Å². The Hall–Kier alpha value is -3.32. The van der Waals surface area contributed by atoms with Gasteiger partial charge in [0.05, 0.1) is 42.7 Å². The summed E-state index contributed by atoms with van der Waals surface area (Å²) in [5, 5.41) is 32.3. The highest BCUT2D eigenvalue weighted by molar-refractivity contribution is 5.84. The van der Waals surface area contributed by atoms with Crippen molar-refractivity contribution in [1.29, 1.82) is 0 Å². The second-order valence-corrected chi connectivity index (χ2v) is 19.0. The standard InChI is InChI=1S/C52H86O16/c1-30-16-15-17-46(57)67-50(36(7)49(65-13)32(3)20-23-40(53)34(5)42(62-10)24-25-45(55)56)33(4)19-22-37(60-8)27-41(54)31(2)18-21-38(61-9)28-43(63-11)35(6)51-48(59)39(29-47(58)68-51)52(66-14)44(26-30)64-12/h15,17-19,21-22,29-38,41-44,48-52,54,59H,16,20,23-28H2,1-14H3,(H,55,56)/b17-15-,21-18+,22-19+/t30?,31?,32?,33?,34?,35?,36?,37?,38?,41?,42?,43?,44?,48-,49?,50?,51-,52?/m0/s1. The summed E-state index contributed by atoms with van der Waals surface area (Å²) in [6.07, 6.45) is 6.93. The summed E-state index contributed by atoms with van der Waals surface area (Å²) in [5.74, 6) is -4.31. The van der Waals surface area contributed by atoms with Gasteiger partial charge in [0.1, 0.15) is 30.2 Å². The highest BCUT2D eigenvalue weighted by Gasteiger charge is 2.44. The van der Waals surface area contributed by atoms with Crippen LogP contribution in [0.1, 0.15) is 99.8 Å². The minimum Gasteiger partial charge on any atom is -0.481 e. The van der Waals surface area contributed by atoms with Crippen LogP contribution >= 0.6 is 0 Å². The van der Waals surface area contributed by atoms with Crippen molar-refractivity contribution < 1.29 is 77.1 Å². The average molecular weight is 967 g/mol. The number of aliphatic hydroxyl groups is 2. The van der Waals surface area contributed by atoms with Crippen LogP contribution in [0.4, 0.5) is 0 Å². The number of carbonyl (C=O) groups is 4. The Morgan fingerprint density at radius 1 is 0.721 bits per heavy atom. The molecule has 0 spiro atoms. The first-order chi connectivity index (χ1) is 32.2. The quantitative estimate of drug-likeness (QED) is 0.0990. The summed E-state index contributed by atoms with van der Waals surface area (Å²) in [7, 11) is 10.8. The van der Waals surface area contributed by atoms with Gasteiger partial charge in [-0.1, -0.05) is 78.8 Å². The van der Waals surface area contributed by atoms with E-state index in [4.69, 9.17) is 47.7 Å². The van der Waals surface area contributed by atoms with E-state index in [-0.39, 0.29) is 61.1 Å². The van der Waals surface area contributed by atoms with Crippen LogP contribution in [0.15, 0.2) is 48.1 Å². The Kier molecular flexibility index (Phi) is 27.8. The van der Waals surface area contributed by atoms with Crippen LogP contribution in [-0.2, 0) is 61.8 Å². The third kappa shape index (κ3) is 18.8. The molecule has 2 bridgehead atoms. The Balaban J connectivity index is 2.53. The second-order valence-electron chi connectivity index (χ2n) is 19.0. The van der Waals surface area contributed by atoms with E-state index in [9.17, 15) is 29.4 Å². The zero-order chi connectivity index (χ0) is 51.2. The third-order valence-electron chi connectivity index (χ3n) is 14.2. The monoisotopic (exact) mass is 967 g/mol. The first-order valence-electron chi connectivity index (χ1n) is 24.2. The lowest BCUT2D eigenvalue weighted by Gasteiger charge is -2.39. The van der Waals surface area contributed by atoms with Crippen LogP contribution in [-0.4, -0.2) is 156 Å². The smallest absolute Gasteiger partial charge is 0.331 e. The van der Waals surface area contributed by atoms with Gasteiger partial charge < -0.3 is 58.0 Å². The number of hydrogen-bond acceptors (Lipinski definition) is 15. The molecule has 2 aliphatic heterocycles. The maximum Gasteiger partial charge on any atom is 0.331 e. The molecular weight excluding hydrogens is 881 g/mol. The number of carboxylic acids is 1. The number of ketones is 1. The number of allylic oxidation sites excluding steroid dienone is 1. The SMILES string of the molecule is COC1/C=C/C(C)C(C(C)C(OC)C(C)CCC(=O)C(C)C(CCC(=O)O)OC)OC(=O)/C=C\CC(C)CC(OC)C(OC)C2=CC(=O)O[C@@H](C(C)C(OC)CC(OC)/C=C/C(C)C(O)C1)[C@H]2O. The molecular formula is C52H86O16. The van der Waals surface area contributed by atoms with Crippen molar-refractivity contribution in [2.24, 2.45) is 41.4 Å². The van der Waals surface area contributed by atoms with Gasteiger partial charge in [-0.15, -0.1) is 0 Å². The van der Waals surface area contributed by atoms with Crippen molar-refractivity contribution in [1.82, 2.24) is 0 Å². The molecule has 16 heteroatoms. The topological polar surface area (TPSA) is 212 Å². The minimum absolute atomic E-state index is 0.0357. The number of rotatable bonds is 18. The number of carbonyl (C=O) groups excluding carboxylic acids is 3. The number of aliphatic carboxylic acids is 1. The number of ether oxygens (including phenoxy) is 9. The van der Waals surface area contributed by atoms with Gasteiger partial charge in [0.15, 0.2) is 0 Å². The van der Waals surface area contributed by atoms with Gasteiger partial charge in [0.25, 0.3) is 0 Å². The Morgan fingerprint density at radius 3 is 1.90 bits per heavy atom. The van der Waals surface area contributed by atoms with E-state index < -0.39 is 96.9 Å². The first kappa shape index (κ1) is 60.8. The van der Waals surface area contributed by atoms with E-state index >= 15 is 0 Å². The summed E-state index contributed by atoms with van der Waals surface area (Å²) in [5.41, 5.74) is 0.330. The highest BCUT2D eigenvalue weighted by Crippen LogP contribution is 2.34. The van der Waals surface area contributed by atoms with Crippen molar-refractivity contribution in [3.8, 4) is 0 Å². The Morgan fingerprint density at radius 2 is 1.34 bits per heavy atom. The minimum atomic E-state index is -1.23. The molecule has 0 aromatic rings. The van der Waals surface area contributed by atoms with E-state index in [1.54, 1.807) is 48.5 Å². The summed E-state index contributed by atoms with van der Waals surface area (Å²) in [4.78, 5) is 51.3. The van der Waals surface area contributed by atoms with E-state index in [0.29, 0.717) is 31.3 Å². The van der Waals surface area contributed by atoms with Gasteiger partial charge in [-0.2, -0.15) is 0 Å². The van der Waals surface area contributed by atoms with E-state index in [0.717, 1.165) is 0 Å². The molecule has 0 aromatic carbocycles. The second kappa shape index (κ2) is 31.1. The van der Waals surface area contributed by atoms with Crippen LogP contribution in [0.3, 0.4) is 0 Å². The summed E-state index contributed by atoms with van der Waals surface area (Å²) >= 11 is 0. The predicted octanol–water partition coefficient (Wildman–Crippen LogP) is 6.49. The van der Waals surface area contributed by atoms with Gasteiger partial charge >= 0.3 is 17.9 Å². The number of fused-ring (bicyclic) bond motifs is 2. The van der Waals surface area contributed by atoms with E-state index in [1.165, 1.54) is 26.4 Å². The number of Topliss-reactive ketones (excluding diaryl/α,β-unsaturated/α-hetero) is 1. The van der Waals surface area contributed by atoms with Crippen LogP contribution < -0.4 is 0 Å². The van der Waals surface area contributed by atoms with Gasteiger partial charge in [0.2, 0.25) is 0 Å². The average Bonchev–Trinajstić information content (AvgIpc) is 3.31. The molecule has 0 aromatic heterocycles. The van der Waals surface area contributed by atoms with Crippen LogP contribution in [0.2, 0.25) is 0 Å². The molecule has 2 rings (SSSR count). The van der Waals surface area contributed by atoms with Gasteiger partial charge in [-0.3, -0.25) is 9.59 Å². The fourth-order valence-corrected chi connectivity index (χ4v) is 9.61. The number of cyclic esters (lactones) is 1. The molecule has 68 heavy (non-hydrogen) atoms. The zero-order valence-electron chi connectivity index (χ0n) is 43.2. The number of esters is 2. The Bertz CT molecular complexity index is 1640. The van der Waals surface area contributed by atoms with Gasteiger partial charge in [-0.25, -0.2) is 9.59 Å². The number of aliphatic hydroxyl groups excluding tert-OH is 2. The fraction of sp³-hybridized carbons (Fsp3) is 0.769. The van der Waals surface area contributed by atoms with Crippen molar-refractivity contribution in [2.45, 2.75) is 167 Å². The highest BCUT2D eigenvalue weighted by atomic mass is 16.6. The van der Waals surface area contributed by atoms with Gasteiger partial charge in [-0.05, 0) is 37.5 Å². The number of methoxy groups -OCH3 is 7. The van der Waals surface area contributed by atoms with Crippen LogP contribution in [0.5, 0.6) is 0 Å². The molecule has 18 atom stereocenters. The molecule has 3 N–H and O–H groups in total. The molecule has 0 saturated carbocycles. The van der Waals surface area contributed by atoms with Crippen LogP contribution in [0.25, 0.3) is 0 Å². The molecule has 2 aliphatic rings. The third-order valence-corrected chi connectivity index (χ3v) is 14.2. The lowest BCUT2D eigenvalue weighted by atomic mass is 9.81. The first-order valence-corrected chi connectivity index (χ1v) is 24.2. The zero-order valence-corrected chi connectivity index (χ0v) is 43.2. The van der Waals surface area contributed by atoms with E-state index in [2.05, 4.69) is 0 Å². The summed E-state index contributed by atoms with van der Waals surface area (Å²) in [6.45, 7) is 13.4.